The summed E-state index contributed by atoms with van der Waals surface area (Å²) in [7, 11) is 0. The van der Waals surface area contributed by atoms with Crippen LogP contribution in [0.3, 0.4) is 0 Å². The largest absolute Gasteiger partial charge is 0.462 e. The van der Waals surface area contributed by atoms with Crippen molar-refractivity contribution in [3.63, 3.8) is 0 Å². The lowest BCUT2D eigenvalue weighted by Gasteiger charge is -2.18. The summed E-state index contributed by atoms with van der Waals surface area (Å²) in [5.41, 5.74) is 0. The molecule has 0 saturated carbocycles. The zero-order chi connectivity index (χ0) is 55.7. The lowest BCUT2D eigenvalue weighted by atomic mass is 10.0. The highest BCUT2D eigenvalue weighted by molar-refractivity contribution is 5.72. The minimum absolute atomic E-state index is 0.0826. The van der Waals surface area contributed by atoms with Gasteiger partial charge in [-0.3, -0.25) is 14.4 Å². The second kappa shape index (κ2) is 63.3. The monoisotopic (exact) mass is 1060 g/mol. The molecule has 6 heteroatoms. The van der Waals surface area contributed by atoms with Crippen LogP contribution in [0.25, 0.3) is 0 Å². The van der Waals surface area contributed by atoms with E-state index in [1.807, 2.05) is 6.08 Å². The number of rotatable bonds is 53. The van der Waals surface area contributed by atoms with Gasteiger partial charge in [-0.25, -0.2) is 0 Å². The molecule has 0 spiro atoms. The van der Waals surface area contributed by atoms with Gasteiger partial charge < -0.3 is 14.2 Å². The molecule has 0 aliphatic heterocycles. The van der Waals surface area contributed by atoms with E-state index in [-0.39, 0.29) is 31.6 Å². The van der Waals surface area contributed by atoms with E-state index in [0.717, 1.165) is 128 Å². The van der Waals surface area contributed by atoms with Gasteiger partial charge in [-0.05, 0) is 128 Å². The molecule has 0 rings (SSSR count). The SMILES string of the molecule is CC/C=C\C/C=C\C/C=C\C/C=C\C/C=C\C/C=C\CCCCCCCCCCCCCCC(=O)OCC(COC(=O)CCCCC/C=C\C/C=C\C/C=C\CC)OC(=O)C/C=C\C/C=C\C/C=C\C/C=C\C/C=C\CC. The van der Waals surface area contributed by atoms with Gasteiger partial charge in [-0.1, -0.05) is 262 Å². The van der Waals surface area contributed by atoms with Crippen molar-refractivity contribution >= 4 is 17.9 Å². The lowest BCUT2D eigenvalue weighted by Crippen LogP contribution is -2.30. The van der Waals surface area contributed by atoms with Crippen molar-refractivity contribution in [2.75, 3.05) is 13.2 Å². The summed E-state index contributed by atoms with van der Waals surface area (Å²) in [5, 5.41) is 0. The maximum absolute atomic E-state index is 12.8. The summed E-state index contributed by atoms with van der Waals surface area (Å²) < 4.78 is 16.7. The van der Waals surface area contributed by atoms with Crippen LogP contribution in [0.1, 0.15) is 239 Å². The van der Waals surface area contributed by atoms with Crippen molar-refractivity contribution in [2.24, 2.45) is 0 Å². The van der Waals surface area contributed by atoms with Crippen LogP contribution in [0.5, 0.6) is 0 Å². The third-order valence-electron chi connectivity index (χ3n) is 12.2. The standard InChI is InChI=1S/C71H110O6/c1-4-7-10-13-16-19-22-25-27-28-29-30-31-32-33-34-35-36-37-38-39-40-41-42-44-46-49-52-55-58-61-64-70(73)76-67-68(66-75-69(72)63-60-57-54-51-48-45-24-21-18-15-12-9-6-3)77-71(74)65-62-59-56-53-50-47-43-26-23-20-17-14-11-8-5-2/h7-12,16-21,25-27,29-30,32-33,35-36,43,45,48,50,53,59,62,68H,4-6,13-15,22-24,28,31,34,37-42,44,46-47,49,51-52,54-58,60-61,63-67H2,1-3H3/b10-7-,11-8-,12-9-,19-16-,20-17-,21-18-,27-25-,30-29-,33-32-,36-35-,43-26-,48-45-,53-50-,62-59-. The van der Waals surface area contributed by atoms with Gasteiger partial charge in [0.1, 0.15) is 13.2 Å². The molecular weight excluding hydrogens is 949 g/mol. The molecule has 0 saturated heterocycles. The Morgan fingerprint density at radius 3 is 0.805 bits per heavy atom. The molecule has 1 unspecified atom stereocenters. The van der Waals surface area contributed by atoms with E-state index in [1.54, 1.807) is 6.08 Å². The van der Waals surface area contributed by atoms with Gasteiger partial charge >= 0.3 is 17.9 Å². The highest BCUT2D eigenvalue weighted by Gasteiger charge is 2.19. The molecule has 0 aromatic carbocycles. The zero-order valence-corrected chi connectivity index (χ0v) is 49.1. The third kappa shape index (κ3) is 61.5. The van der Waals surface area contributed by atoms with Crippen LogP contribution >= 0.6 is 0 Å². The predicted octanol–water partition coefficient (Wildman–Crippen LogP) is 21.1. The smallest absolute Gasteiger partial charge is 0.310 e. The Hall–Kier alpha value is -5.23. The summed E-state index contributed by atoms with van der Waals surface area (Å²) in [6, 6.07) is 0. The number of esters is 3. The van der Waals surface area contributed by atoms with Crippen LogP contribution in [-0.4, -0.2) is 37.2 Å². The highest BCUT2D eigenvalue weighted by Crippen LogP contribution is 2.14. The molecule has 0 N–H and O–H groups in total. The van der Waals surface area contributed by atoms with Gasteiger partial charge in [0, 0.05) is 12.8 Å². The lowest BCUT2D eigenvalue weighted by molar-refractivity contribution is -0.166. The number of allylic oxidation sites excluding steroid dienone is 27. The third-order valence-corrected chi connectivity index (χ3v) is 12.2. The summed E-state index contributed by atoms with van der Waals surface area (Å²) >= 11 is 0. The fourth-order valence-electron chi connectivity index (χ4n) is 7.77. The minimum atomic E-state index is -0.853. The quantitative estimate of drug-likeness (QED) is 0.0261. The van der Waals surface area contributed by atoms with E-state index in [9.17, 15) is 14.4 Å². The molecule has 0 heterocycles. The second-order valence-corrected chi connectivity index (χ2v) is 19.5. The van der Waals surface area contributed by atoms with Crippen molar-refractivity contribution in [1.82, 2.24) is 0 Å². The Balaban J connectivity index is 4.34. The average molecular weight is 1060 g/mol. The number of hydrogen-bond donors (Lipinski definition) is 0. The number of carbonyl (C=O) groups excluding carboxylic acids is 3. The van der Waals surface area contributed by atoms with Crippen molar-refractivity contribution < 1.29 is 28.6 Å². The first-order chi connectivity index (χ1) is 38.0. The summed E-state index contributed by atoms with van der Waals surface area (Å²) in [6.45, 7) is 6.17. The highest BCUT2D eigenvalue weighted by atomic mass is 16.6. The fraction of sp³-hybridized carbons (Fsp3) is 0.563. The Morgan fingerprint density at radius 1 is 0.273 bits per heavy atom. The van der Waals surface area contributed by atoms with Crippen LogP contribution in [0.2, 0.25) is 0 Å². The molecule has 0 aromatic rings. The van der Waals surface area contributed by atoms with Gasteiger partial charge in [-0.15, -0.1) is 0 Å². The van der Waals surface area contributed by atoms with Crippen LogP contribution in [0, 0.1) is 0 Å². The molecule has 0 radical (unpaired) electrons. The summed E-state index contributed by atoms with van der Waals surface area (Å²) in [4.78, 5) is 38.1. The normalized spacial score (nSPS) is 13.3. The van der Waals surface area contributed by atoms with Gasteiger partial charge in [-0.2, -0.15) is 0 Å². The van der Waals surface area contributed by atoms with E-state index in [2.05, 4.69) is 179 Å². The van der Waals surface area contributed by atoms with E-state index >= 15 is 0 Å². The molecule has 0 amide bonds. The van der Waals surface area contributed by atoms with Crippen molar-refractivity contribution in [3.8, 4) is 0 Å². The van der Waals surface area contributed by atoms with Gasteiger partial charge in [0.15, 0.2) is 6.10 Å². The maximum Gasteiger partial charge on any atom is 0.310 e. The molecule has 0 aliphatic rings. The Bertz CT molecular complexity index is 1790. The molecule has 0 aromatic heterocycles. The predicted molar refractivity (Wildman–Crippen MR) is 334 cm³/mol. The molecule has 6 nitrogen and oxygen atoms in total. The minimum Gasteiger partial charge on any atom is -0.462 e. The first kappa shape index (κ1) is 71.8. The average Bonchev–Trinajstić information content (AvgIpc) is 3.43. The molecule has 430 valence electrons. The number of unbranched alkanes of at least 4 members (excludes halogenated alkanes) is 15. The second-order valence-electron chi connectivity index (χ2n) is 19.5. The number of ether oxygens (including phenoxy) is 3. The fourth-order valence-corrected chi connectivity index (χ4v) is 7.77. The van der Waals surface area contributed by atoms with Gasteiger partial charge in [0.25, 0.3) is 0 Å². The Kier molecular flexibility index (Phi) is 59.0. The van der Waals surface area contributed by atoms with Crippen LogP contribution in [0.4, 0.5) is 0 Å². The van der Waals surface area contributed by atoms with Crippen molar-refractivity contribution in [2.45, 2.75) is 245 Å². The molecule has 1 atom stereocenters. The van der Waals surface area contributed by atoms with Crippen LogP contribution < -0.4 is 0 Å². The molecule has 0 fully saturated rings. The van der Waals surface area contributed by atoms with Gasteiger partial charge in [0.2, 0.25) is 0 Å². The molecule has 0 aliphatic carbocycles. The van der Waals surface area contributed by atoms with E-state index < -0.39 is 12.1 Å². The van der Waals surface area contributed by atoms with Gasteiger partial charge in [0.05, 0.1) is 6.42 Å². The number of carbonyl (C=O) groups is 3. The molecule has 0 bridgehead atoms. The Labute approximate surface area is 472 Å². The van der Waals surface area contributed by atoms with Crippen LogP contribution in [0.15, 0.2) is 170 Å². The maximum atomic E-state index is 12.8. The molecular formula is C71H110O6. The first-order valence-electron chi connectivity index (χ1n) is 30.6. The first-order valence-corrected chi connectivity index (χ1v) is 30.6. The van der Waals surface area contributed by atoms with Crippen molar-refractivity contribution in [3.05, 3.63) is 170 Å². The van der Waals surface area contributed by atoms with E-state index in [4.69, 9.17) is 14.2 Å². The van der Waals surface area contributed by atoms with E-state index in [1.165, 1.54) is 64.2 Å². The Morgan fingerprint density at radius 2 is 0.506 bits per heavy atom. The number of hydrogen-bond acceptors (Lipinski definition) is 6. The zero-order valence-electron chi connectivity index (χ0n) is 49.1. The summed E-state index contributed by atoms with van der Waals surface area (Å²) in [5.74, 6) is -1.11. The van der Waals surface area contributed by atoms with Crippen LogP contribution in [-0.2, 0) is 28.6 Å². The topological polar surface area (TPSA) is 78.9 Å². The summed E-state index contributed by atoms with van der Waals surface area (Å²) in [6.07, 6.45) is 93.9. The van der Waals surface area contributed by atoms with E-state index in [0.29, 0.717) is 19.3 Å². The van der Waals surface area contributed by atoms with Crippen molar-refractivity contribution in [1.29, 1.82) is 0 Å². The molecule has 77 heavy (non-hydrogen) atoms.